The lowest BCUT2D eigenvalue weighted by molar-refractivity contribution is -0.122. The molecule has 1 aliphatic heterocycles. The zero-order valence-corrected chi connectivity index (χ0v) is 12.2. The highest BCUT2D eigenvalue weighted by atomic mass is 16.2. The summed E-state index contributed by atoms with van der Waals surface area (Å²) in [5.74, 6) is 0.472. The van der Waals surface area contributed by atoms with Crippen LogP contribution in [0.3, 0.4) is 0 Å². The number of Topliss-reactive ketones (excluding diaryl/α,β-unsaturated/α-hetero) is 1. The molecule has 0 spiro atoms. The van der Waals surface area contributed by atoms with Crippen LogP contribution >= 0.6 is 0 Å². The van der Waals surface area contributed by atoms with Crippen molar-refractivity contribution in [1.29, 1.82) is 0 Å². The quantitative estimate of drug-likeness (QED) is 0.916. The van der Waals surface area contributed by atoms with Gasteiger partial charge in [-0.05, 0) is 51.4 Å². The van der Waals surface area contributed by atoms with E-state index in [1.54, 1.807) is 6.92 Å². The number of piperidine rings is 1. The number of benzene rings is 1. The lowest BCUT2D eigenvalue weighted by Gasteiger charge is -2.30. The number of likely N-dealkylation sites (tertiary alicyclic amines) is 1. The van der Waals surface area contributed by atoms with Crippen LogP contribution in [0, 0.1) is 12.8 Å². The number of hydrogen-bond acceptors (Lipinski definition) is 3. The van der Waals surface area contributed by atoms with Gasteiger partial charge in [-0.1, -0.05) is 18.2 Å². The van der Waals surface area contributed by atoms with Gasteiger partial charge in [0.25, 0.3) is 0 Å². The van der Waals surface area contributed by atoms with Crippen LogP contribution in [0.2, 0.25) is 0 Å². The monoisotopic (exact) mass is 274 g/mol. The fraction of sp³-hybridized carbons (Fsp3) is 0.500. The van der Waals surface area contributed by atoms with Gasteiger partial charge in [0.2, 0.25) is 5.91 Å². The van der Waals surface area contributed by atoms with Gasteiger partial charge in [0.05, 0.1) is 6.54 Å². The van der Waals surface area contributed by atoms with Crippen molar-refractivity contribution in [1.82, 2.24) is 4.90 Å². The van der Waals surface area contributed by atoms with Gasteiger partial charge >= 0.3 is 0 Å². The molecule has 1 amide bonds. The van der Waals surface area contributed by atoms with Crippen LogP contribution in [0.15, 0.2) is 24.3 Å². The number of rotatable bonds is 4. The van der Waals surface area contributed by atoms with Crippen molar-refractivity contribution < 1.29 is 9.59 Å². The summed E-state index contributed by atoms with van der Waals surface area (Å²) in [6.07, 6.45) is 1.74. The molecule has 20 heavy (non-hydrogen) atoms. The summed E-state index contributed by atoms with van der Waals surface area (Å²) in [6.45, 7) is 5.69. The number of ketones is 1. The van der Waals surface area contributed by atoms with E-state index < -0.39 is 0 Å². The van der Waals surface area contributed by atoms with Gasteiger partial charge in [0.1, 0.15) is 5.78 Å². The number of carbonyl (C=O) groups is 2. The minimum absolute atomic E-state index is 0.0144. The first-order valence-corrected chi connectivity index (χ1v) is 7.14. The summed E-state index contributed by atoms with van der Waals surface area (Å²) >= 11 is 0. The van der Waals surface area contributed by atoms with Crippen LogP contribution in [0.5, 0.6) is 0 Å². The average Bonchev–Trinajstić information content (AvgIpc) is 2.42. The highest BCUT2D eigenvalue weighted by molar-refractivity contribution is 5.92. The first kappa shape index (κ1) is 14.7. The van der Waals surface area contributed by atoms with Crippen molar-refractivity contribution in [2.45, 2.75) is 26.7 Å². The number of nitrogens with zero attached hydrogens (tertiary/aromatic N) is 1. The van der Waals surface area contributed by atoms with Crippen molar-refractivity contribution in [3.8, 4) is 0 Å². The van der Waals surface area contributed by atoms with Gasteiger partial charge in [-0.3, -0.25) is 14.5 Å². The van der Waals surface area contributed by atoms with E-state index in [2.05, 4.69) is 10.2 Å². The van der Waals surface area contributed by atoms with E-state index in [0.29, 0.717) is 6.54 Å². The van der Waals surface area contributed by atoms with Crippen molar-refractivity contribution in [2.75, 3.05) is 25.0 Å². The van der Waals surface area contributed by atoms with Crippen molar-refractivity contribution in [3.05, 3.63) is 29.8 Å². The minimum Gasteiger partial charge on any atom is -0.325 e. The van der Waals surface area contributed by atoms with E-state index in [-0.39, 0.29) is 17.6 Å². The minimum atomic E-state index is 0.0144. The molecule has 0 aliphatic carbocycles. The molecule has 1 saturated heterocycles. The van der Waals surface area contributed by atoms with Crippen LogP contribution in [-0.4, -0.2) is 36.2 Å². The second kappa shape index (κ2) is 6.66. The summed E-state index contributed by atoms with van der Waals surface area (Å²) in [5.41, 5.74) is 1.94. The third kappa shape index (κ3) is 3.90. The second-order valence-corrected chi connectivity index (χ2v) is 5.52. The number of anilines is 1. The van der Waals surface area contributed by atoms with E-state index in [9.17, 15) is 9.59 Å². The first-order valence-electron chi connectivity index (χ1n) is 7.14. The van der Waals surface area contributed by atoms with E-state index in [4.69, 9.17) is 0 Å². The Morgan fingerprint density at radius 1 is 1.25 bits per heavy atom. The van der Waals surface area contributed by atoms with Gasteiger partial charge < -0.3 is 5.32 Å². The standard InChI is InChI=1S/C16H22N2O2/c1-12-5-3-4-6-15(12)17-16(20)11-18-9-7-14(8-10-18)13(2)19/h3-6,14H,7-11H2,1-2H3,(H,17,20). The summed E-state index contributed by atoms with van der Waals surface area (Å²) in [6, 6.07) is 7.77. The molecule has 0 saturated carbocycles. The van der Waals surface area contributed by atoms with E-state index in [0.717, 1.165) is 37.2 Å². The topological polar surface area (TPSA) is 49.4 Å². The van der Waals surface area contributed by atoms with Crippen molar-refractivity contribution in [3.63, 3.8) is 0 Å². The van der Waals surface area contributed by atoms with Crippen LogP contribution in [-0.2, 0) is 9.59 Å². The largest absolute Gasteiger partial charge is 0.325 e. The smallest absolute Gasteiger partial charge is 0.238 e. The lowest BCUT2D eigenvalue weighted by atomic mass is 9.93. The molecular formula is C16H22N2O2. The SMILES string of the molecule is CC(=O)C1CCN(CC(=O)Nc2ccccc2C)CC1. The molecule has 0 unspecified atom stereocenters. The van der Waals surface area contributed by atoms with Gasteiger partial charge in [0, 0.05) is 11.6 Å². The molecular weight excluding hydrogens is 252 g/mol. The Kier molecular flexibility index (Phi) is 4.90. The molecule has 1 aliphatic rings. The summed E-state index contributed by atoms with van der Waals surface area (Å²) in [7, 11) is 0. The van der Waals surface area contributed by atoms with Crippen LogP contribution < -0.4 is 5.32 Å². The zero-order chi connectivity index (χ0) is 14.5. The van der Waals surface area contributed by atoms with Crippen LogP contribution in [0.1, 0.15) is 25.3 Å². The van der Waals surface area contributed by atoms with Gasteiger partial charge in [-0.2, -0.15) is 0 Å². The third-order valence-electron chi connectivity index (χ3n) is 3.95. The fourth-order valence-electron chi connectivity index (χ4n) is 2.60. The molecule has 1 aromatic rings. The molecule has 108 valence electrons. The Labute approximate surface area is 120 Å². The summed E-state index contributed by atoms with van der Waals surface area (Å²) in [5, 5.41) is 2.94. The highest BCUT2D eigenvalue weighted by Crippen LogP contribution is 2.18. The maximum Gasteiger partial charge on any atom is 0.238 e. The highest BCUT2D eigenvalue weighted by Gasteiger charge is 2.23. The predicted octanol–water partition coefficient (Wildman–Crippen LogP) is 2.23. The molecule has 4 nitrogen and oxygen atoms in total. The van der Waals surface area contributed by atoms with Gasteiger partial charge in [-0.25, -0.2) is 0 Å². The maximum absolute atomic E-state index is 12.0. The first-order chi connectivity index (χ1) is 9.56. The van der Waals surface area contributed by atoms with Crippen molar-refractivity contribution >= 4 is 17.4 Å². The summed E-state index contributed by atoms with van der Waals surface area (Å²) < 4.78 is 0. The van der Waals surface area contributed by atoms with Crippen LogP contribution in [0.4, 0.5) is 5.69 Å². The number of hydrogen-bond donors (Lipinski definition) is 1. The molecule has 0 aromatic heterocycles. The number of para-hydroxylation sites is 1. The predicted molar refractivity (Wildman–Crippen MR) is 79.7 cm³/mol. The maximum atomic E-state index is 12.0. The molecule has 2 rings (SSSR count). The zero-order valence-electron chi connectivity index (χ0n) is 12.2. The molecule has 0 bridgehead atoms. The third-order valence-corrected chi connectivity index (χ3v) is 3.95. The fourth-order valence-corrected chi connectivity index (χ4v) is 2.60. The Balaban J connectivity index is 1.81. The molecule has 1 heterocycles. The Morgan fingerprint density at radius 3 is 2.50 bits per heavy atom. The Hall–Kier alpha value is -1.68. The number of amides is 1. The molecule has 0 radical (unpaired) electrons. The Morgan fingerprint density at radius 2 is 1.90 bits per heavy atom. The molecule has 4 heteroatoms. The Bertz CT molecular complexity index is 491. The normalized spacial score (nSPS) is 16.9. The molecule has 1 fully saturated rings. The van der Waals surface area contributed by atoms with Crippen molar-refractivity contribution in [2.24, 2.45) is 5.92 Å². The van der Waals surface area contributed by atoms with Gasteiger partial charge in [0.15, 0.2) is 0 Å². The van der Waals surface area contributed by atoms with Gasteiger partial charge in [-0.15, -0.1) is 0 Å². The number of nitrogens with one attached hydrogen (secondary N) is 1. The average molecular weight is 274 g/mol. The number of carbonyl (C=O) groups excluding carboxylic acids is 2. The van der Waals surface area contributed by atoms with E-state index in [1.165, 1.54) is 0 Å². The summed E-state index contributed by atoms with van der Waals surface area (Å²) in [4.78, 5) is 25.5. The number of aryl methyl sites for hydroxylation is 1. The van der Waals surface area contributed by atoms with Crippen LogP contribution in [0.25, 0.3) is 0 Å². The van der Waals surface area contributed by atoms with E-state index in [1.807, 2.05) is 31.2 Å². The molecule has 1 N–H and O–H groups in total. The molecule has 0 atom stereocenters. The molecule has 1 aromatic carbocycles. The van der Waals surface area contributed by atoms with E-state index >= 15 is 0 Å². The lowest BCUT2D eigenvalue weighted by Crippen LogP contribution is -2.40. The second-order valence-electron chi connectivity index (χ2n) is 5.52.